The lowest BCUT2D eigenvalue weighted by atomic mass is 9.97. The van der Waals surface area contributed by atoms with Crippen LogP contribution in [0.15, 0.2) is 36.5 Å². The van der Waals surface area contributed by atoms with E-state index in [0.717, 1.165) is 17.9 Å². The van der Waals surface area contributed by atoms with E-state index in [0.29, 0.717) is 0 Å². The largest absolute Gasteiger partial charge is 0.497 e. The number of hydrogen-bond acceptors (Lipinski definition) is 2. The highest BCUT2D eigenvalue weighted by atomic mass is 16.5. The van der Waals surface area contributed by atoms with Gasteiger partial charge in [-0.05, 0) is 55.2 Å². The fourth-order valence-corrected chi connectivity index (χ4v) is 2.27. The zero-order chi connectivity index (χ0) is 13.7. The zero-order valence-electron chi connectivity index (χ0n) is 11.9. The molecule has 0 aliphatic heterocycles. The molecule has 0 spiro atoms. The molecule has 0 fully saturated rings. The van der Waals surface area contributed by atoms with Gasteiger partial charge in [0, 0.05) is 11.8 Å². The highest BCUT2D eigenvalue weighted by Gasteiger charge is 2.09. The van der Waals surface area contributed by atoms with E-state index >= 15 is 0 Å². The van der Waals surface area contributed by atoms with E-state index < -0.39 is 0 Å². The number of pyridine rings is 1. The van der Waals surface area contributed by atoms with Crippen molar-refractivity contribution in [3.8, 4) is 17.0 Å². The van der Waals surface area contributed by atoms with Crippen molar-refractivity contribution < 1.29 is 4.74 Å². The first-order valence-electron chi connectivity index (χ1n) is 6.85. The topological polar surface area (TPSA) is 22.1 Å². The lowest BCUT2D eigenvalue weighted by Gasteiger charge is -2.12. The normalized spacial score (nSPS) is 10.5. The maximum atomic E-state index is 5.34. The molecule has 0 radical (unpaired) electrons. The molecule has 2 heteroatoms. The van der Waals surface area contributed by atoms with Crippen LogP contribution in [-0.2, 0) is 6.42 Å². The predicted molar refractivity (Wildman–Crippen MR) is 79.6 cm³/mol. The van der Waals surface area contributed by atoms with Gasteiger partial charge < -0.3 is 4.74 Å². The average Bonchev–Trinajstić information content (AvgIpc) is 2.45. The molecular weight excluding hydrogens is 234 g/mol. The number of unbranched alkanes of at least 4 members (excludes halogenated alkanes) is 1. The fraction of sp³-hybridized carbons (Fsp3) is 0.353. The van der Waals surface area contributed by atoms with Gasteiger partial charge in [0.1, 0.15) is 5.75 Å². The van der Waals surface area contributed by atoms with Crippen LogP contribution in [0.2, 0.25) is 0 Å². The van der Waals surface area contributed by atoms with E-state index in [2.05, 4.69) is 37.0 Å². The lowest BCUT2D eigenvalue weighted by Crippen LogP contribution is -1.96. The number of benzene rings is 1. The molecule has 19 heavy (non-hydrogen) atoms. The van der Waals surface area contributed by atoms with Crippen molar-refractivity contribution in [3.05, 3.63) is 47.7 Å². The second-order valence-electron chi connectivity index (χ2n) is 4.80. The molecule has 0 N–H and O–H groups in total. The summed E-state index contributed by atoms with van der Waals surface area (Å²) in [7, 11) is 1.71. The van der Waals surface area contributed by atoms with Gasteiger partial charge in [-0.1, -0.05) is 19.4 Å². The zero-order valence-corrected chi connectivity index (χ0v) is 11.9. The van der Waals surface area contributed by atoms with Crippen molar-refractivity contribution in [2.45, 2.75) is 33.1 Å². The molecule has 100 valence electrons. The first kappa shape index (κ1) is 13.6. The third-order valence-electron chi connectivity index (χ3n) is 3.38. The summed E-state index contributed by atoms with van der Waals surface area (Å²) in [6, 6.07) is 10.4. The van der Waals surface area contributed by atoms with Crippen molar-refractivity contribution in [2.75, 3.05) is 7.11 Å². The number of aryl methyl sites for hydroxylation is 2. The summed E-state index contributed by atoms with van der Waals surface area (Å²) < 4.78 is 5.34. The molecule has 1 heterocycles. The number of methoxy groups -OCH3 is 1. The van der Waals surface area contributed by atoms with Crippen LogP contribution in [0.3, 0.4) is 0 Å². The third-order valence-corrected chi connectivity index (χ3v) is 3.38. The minimum Gasteiger partial charge on any atom is -0.497 e. The van der Waals surface area contributed by atoms with Crippen LogP contribution < -0.4 is 4.74 Å². The highest BCUT2D eigenvalue weighted by molar-refractivity contribution is 5.67. The van der Waals surface area contributed by atoms with Crippen LogP contribution in [0.25, 0.3) is 11.3 Å². The Morgan fingerprint density at radius 3 is 2.74 bits per heavy atom. The summed E-state index contributed by atoms with van der Waals surface area (Å²) in [6.07, 6.45) is 5.30. The van der Waals surface area contributed by atoms with Gasteiger partial charge in [-0.15, -0.1) is 0 Å². The number of aromatic nitrogens is 1. The summed E-state index contributed by atoms with van der Waals surface area (Å²) in [6.45, 7) is 4.32. The first-order valence-corrected chi connectivity index (χ1v) is 6.85. The third kappa shape index (κ3) is 3.14. The Morgan fingerprint density at radius 1 is 1.21 bits per heavy atom. The van der Waals surface area contributed by atoms with Crippen molar-refractivity contribution >= 4 is 0 Å². The van der Waals surface area contributed by atoms with E-state index in [1.54, 1.807) is 7.11 Å². The van der Waals surface area contributed by atoms with Gasteiger partial charge in [0.25, 0.3) is 0 Å². The van der Waals surface area contributed by atoms with Crippen molar-refractivity contribution in [3.63, 3.8) is 0 Å². The minimum atomic E-state index is 0.920. The van der Waals surface area contributed by atoms with Gasteiger partial charge in [-0.3, -0.25) is 4.98 Å². The maximum Gasteiger partial charge on any atom is 0.119 e. The predicted octanol–water partition coefficient (Wildman–Crippen LogP) is 4.41. The number of nitrogens with zero attached hydrogens (tertiary/aromatic N) is 1. The minimum absolute atomic E-state index is 0.920. The molecule has 0 unspecified atom stereocenters. The Labute approximate surface area is 115 Å². The summed E-state index contributed by atoms with van der Waals surface area (Å²) in [5, 5.41) is 0. The molecule has 2 aromatic rings. The Kier molecular flexibility index (Phi) is 4.56. The number of ether oxygens (including phenoxy) is 1. The lowest BCUT2D eigenvalue weighted by molar-refractivity contribution is 0.414. The SMILES string of the molecule is CCCCc1cc(OC)ccc1-c1ncccc1C. The Morgan fingerprint density at radius 2 is 2.05 bits per heavy atom. The second-order valence-corrected chi connectivity index (χ2v) is 4.80. The standard InChI is InChI=1S/C17H21NO/c1-4-5-8-14-12-15(19-3)9-10-16(14)17-13(2)7-6-11-18-17/h6-7,9-12H,4-5,8H2,1-3H3. The van der Waals surface area contributed by atoms with Gasteiger partial charge in [-0.2, -0.15) is 0 Å². The highest BCUT2D eigenvalue weighted by Crippen LogP contribution is 2.29. The molecule has 0 aliphatic carbocycles. The maximum absolute atomic E-state index is 5.34. The number of hydrogen-bond donors (Lipinski definition) is 0. The van der Waals surface area contributed by atoms with E-state index in [1.165, 1.54) is 29.5 Å². The molecule has 0 saturated carbocycles. The van der Waals surface area contributed by atoms with Gasteiger partial charge in [0.05, 0.1) is 12.8 Å². The van der Waals surface area contributed by atoms with E-state index in [9.17, 15) is 0 Å². The van der Waals surface area contributed by atoms with Crippen molar-refractivity contribution in [1.82, 2.24) is 4.98 Å². The van der Waals surface area contributed by atoms with Crippen LogP contribution in [0, 0.1) is 6.92 Å². The summed E-state index contributed by atoms with van der Waals surface area (Å²) >= 11 is 0. The molecule has 0 aliphatic rings. The summed E-state index contributed by atoms with van der Waals surface area (Å²) in [4.78, 5) is 4.53. The fourth-order valence-electron chi connectivity index (χ4n) is 2.27. The van der Waals surface area contributed by atoms with E-state index in [1.807, 2.05) is 18.3 Å². The molecule has 0 atom stereocenters. The van der Waals surface area contributed by atoms with E-state index in [4.69, 9.17) is 4.74 Å². The van der Waals surface area contributed by atoms with Crippen LogP contribution in [0.1, 0.15) is 30.9 Å². The monoisotopic (exact) mass is 255 g/mol. The average molecular weight is 255 g/mol. The molecule has 2 rings (SSSR count). The summed E-state index contributed by atoms with van der Waals surface area (Å²) in [5.41, 5.74) is 4.84. The van der Waals surface area contributed by atoms with Crippen molar-refractivity contribution in [1.29, 1.82) is 0 Å². The smallest absolute Gasteiger partial charge is 0.119 e. The van der Waals surface area contributed by atoms with Gasteiger partial charge >= 0.3 is 0 Å². The quantitative estimate of drug-likeness (QED) is 0.789. The molecule has 1 aromatic carbocycles. The Balaban J connectivity index is 2.46. The van der Waals surface area contributed by atoms with Gasteiger partial charge in [0.2, 0.25) is 0 Å². The van der Waals surface area contributed by atoms with Gasteiger partial charge in [-0.25, -0.2) is 0 Å². The molecular formula is C17H21NO. The van der Waals surface area contributed by atoms with Crippen LogP contribution in [0.5, 0.6) is 5.75 Å². The molecule has 0 amide bonds. The number of rotatable bonds is 5. The molecule has 1 aromatic heterocycles. The van der Waals surface area contributed by atoms with Crippen molar-refractivity contribution in [2.24, 2.45) is 0 Å². The van der Waals surface area contributed by atoms with E-state index in [-0.39, 0.29) is 0 Å². The first-order chi connectivity index (χ1) is 9.26. The molecule has 0 saturated heterocycles. The molecule has 2 nitrogen and oxygen atoms in total. The van der Waals surface area contributed by atoms with Crippen LogP contribution in [-0.4, -0.2) is 12.1 Å². The Hall–Kier alpha value is -1.83. The van der Waals surface area contributed by atoms with Gasteiger partial charge in [0.15, 0.2) is 0 Å². The van der Waals surface area contributed by atoms with Crippen LogP contribution in [0.4, 0.5) is 0 Å². The Bertz CT molecular complexity index is 549. The second kappa shape index (κ2) is 6.37. The summed E-state index contributed by atoms with van der Waals surface area (Å²) in [5.74, 6) is 0.920. The van der Waals surface area contributed by atoms with Crippen LogP contribution >= 0.6 is 0 Å². The molecule has 0 bridgehead atoms.